The molecule has 1 aromatic rings. The van der Waals surface area contributed by atoms with Gasteiger partial charge in [0.15, 0.2) is 5.16 Å². The van der Waals surface area contributed by atoms with Gasteiger partial charge in [0.2, 0.25) is 5.91 Å². The predicted octanol–water partition coefficient (Wildman–Crippen LogP) is 0.518. The minimum Gasteiger partial charge on any atom is -0.361 e. The molecule has 2 rings (SSSR count). The summed E-state index contributed by atoms with van der Waals surface area (Å²) in [5.41, 5.74) is 2.49. The SMILES string of the molecule is CSc1nc(NN)cc(NCC(=O)N2CCCC2)n1. The fourth-order valence-corrected chi connectivity index (χ4v) is 2.30. The number of aromatic nitrogens is 2. The van der Waals surface area contributed by atoms with Crippen LogP contribution >= 0.6 is 11.8 Å². The lowest BCUT2D eigenvalue weighted by atomic mass is 10.4. The average Bonchev–Trinajstić information content (AvgIpc) is 2.98. The van der Waals surface area contributed by atoms with Crippen LogP contribution in [0.5, 0.6) is 0 Å². The highest BCUT2D eigenvalue weighted by atomic mass is 32.2. The molecule has 104 valence electrons. The van der Waals surface area contributed by atoms with Crippen molar-refractivity contribution >= 4 is 29.3 Å². The molecule has 8 heteroatoms. The molecule has 0 saturated carbocycles. The van der Waals surface area contributed by atoms with Gasteiger partial charge < -0.3 is 15.6 Å². The molecule has 2 heterocycles. The average molecular weight is 282 g/mol. The lowest BCUT2D eigenvalue weighted by Gasteiger charge is -2.16. The van der Waals surface area contributed by atoms with E-state index in [1.165, 1.54) is 11.8 Å². The molecular formula is C11H18N6OS. The number of thioether (sulfide) groups is 1. The van der Waals surface area contributed by atoms with Crippen molar-refractivity contribution in [2.45, 2.75) is 18.0 Å². The Morgan fingerprint density at radius 2 is 2.11 bits per heavy atom. The van der Waals surface area contributed by atoms with Crippen molar-refractivity contribution in [3.05, 3.63) is 6.07 Å². The number of carbonyl (C=O) groups is 1. The third-order valence-electron chi connectivity index (χ3n) is 2.92. The summed E-state index contributed by atoms with van der Waals surface area (Å²) in [4.78, 5) is 22.2. The fraction of sp³-hybridized carbons (Fsp3) is 0.545. The van der Waals surface area contributed by atoms with Crippen molar-refractivity contribution in [2.24, 2.45) is 5.84 Å². The first-order valence-electron chi connectivity index (χ1n) is 6.14. The molecule has 0 bridgehead atoms. The second-order valence-corrected chi connectivity index (χ2v) is 4.98. The van der Waals surface area contributed by atoms with Crippen LogP contribution in [0.1, 0.15) is 12.8 Å². The van der Waals surface area contributed by atoms with Crippen LogP contribution in [-0.4, -0.2) is 46.7 Å². The third kappa shape index (κ3) is 3.71. The number of hydrogen-bond donors (Lipinski definition) is 3. The summed E-state index contributed by atoms with van der Waals surface area (Å²) in [5.74, 6) is 6.57. The Kier molecular flexibility index (Phi) is 4.80. The Bertz CT molecular complexity index is 427. The minimum absolute atomic E-state index is 0.101. The van der Waals surface area contributed by atoms with Gasteiger partial charge in [0.05, 0.1) is 6.54 Å². The smallest absolute Gasteiger partial charge is 0.241 e. The molecule has 1 amide bonds. The van der Waals surface area contributed by atoms with Crippen molar-refractivity contribution in [3.8, 4) is 0 Å². The Morgan fingerprint density at radius 1 is 1.42 bits per heavy atom. The molecule has 1 saturated heterocycles. The van der Waals surface area contributed by atoms with Gasteiger partial charge in [-0.2, -0.15) is 0 Å². The quantitative estimate of drug-likeness (QED) is 0.313. The number of nitrogens with zero attached hydrogens (tertiary/aromatic N) is 3. The maximum Gasteiger partial charge on any atom is 0.241 e. The third-order valence-corrected chi connectivity index (χ3v) is 3.46. The number of likely N-dealkylation sites (tertiary alicyclic amines) is 1. The molecule has 1 fully saturated rings. The summed E-state index contributed by atoms with van der Waals surface area (Å²) in [6, 6.07) is 1.68. The molecule has 0 radical (unpaired) electrons. The van der Waals surface area contributed by atoms with Crippen LogP contribution in [0, 0.1) is 0 Å². The zero-order valence-corrected chi connectivity index (χ0v) is 11.7. The summed E-state index contributed by atoms with van der Waals surface area (Å²) in [5, 5.41) is 3.62. The van der Waals surface area contributed by atoms with Crippen LogP contribution in [0.4, 0.5) is 11.6 Å². The van der Waals surface area contributed by atoms with E-state index in [9.17, 15) is 4.79 Å². The topological polar surface area (TPSA) is 96.2 Å². The molecule has 0 unspecified atom stereocenters. The Labute approximate surface area is 116 Å². The molecular weight excluding hydrogens is 264 g/mol. The van der Waals surface area contributed by atoms with E-state index < -0.39 is 0 Å². The largest absolute Gasteiger partial charge is 0.361 e. The van der Waals surface area contributed by atoms with E-state index in [4.69, 9.17) is 5.84 Å². The van der Waals surface area contributed by atoms with E-state index in [2.05, 4.69) is 20.7 Å². The number of nitrogens with one attached hydrogen (secondary N) is 2. The van der Waals surface area contributed by atoms with E-state index in [1.54, 1.807) is 6.07 Å². The van der Waals surface area contributed by atoms with E-state index in [0.29, 0.717) is 16.8 Å². The van der Waals surface area contributed by atoms with Gasteiger partial charge in [0, 0.05) is 19.2 Å². The lowest BCUT2D eigenvalue weighted by Crippen LogP contribution is -2.33. The summed E-state index contributed by atoms with van der Waals surface area (Å²) < 4.78 is 0. The summed E-state index contributed by atoms with van der Waals surface area (Å²) >= 11 is 1.42. The normalized spacial score (nSPS) is 14.5. The van der Waals surface area contributed by atoms with Crippen LogP contribution in [0.3, 0.4) is 0 Å². The number of nitrogens with two attached hydrogens (primary N) is 1. The van der Waals surface area contributed by atoms with Gasteiger partial charge >= 0.3 is 0 Å². The van der Waals surface area contributed by atoms with Crippen LogP contribution in [0.15, 0.2) is 11.2 Å². The standard InChI is InChI=1S/C11H18N6OS/c1-19-11-14-8(6-9(15-11)16-12)13-7-10(18)17-4-2-3-5-17/h6H,2-5,7,12H2,1H3,(H2,13,14,15,16). The maximum atomic E-state index is 11.9. The number of hydrazine groups is 1. The number of hydrogen-bond acceptors (Lipinski definition) is 7. The zero-order valence-electron chi connectivity index (χ0n) is 10.8. The number of carbonyl (C=O) groups excluding carboxylic acids is 1. The molecule has 0 aliphatic carbocycles. The Balaban J connectivity index is 1.96. The van der Waals surface area contributed by atoms with Crippen LogP contribution in [-0.2, 0) is 4.79 Å². The van der Waals surface area contributed by atoms with E-state index in [-0.39, 0.29) is 12.5 Å². The summed E-state index contributed by atoms with van der Waals surface area (Å²) in [6.45, 7) is 1.96. The van der Waals surface area contributed by atoms with Crippen LogP contribution < -0.4 is 16.6 Å². The van der Waals surface area contributed by atoms with Gasteiger partial charge in [0.1, 0.15) is 11.6 Å². The van der Waals surface area contributed by atoms with E-state index in [1.807, 2.05) is 11.2 Å². The molecule has 1 aliphatic rings. The first-order valence-corrected chi connectivity index (χ1v) is 7.36. The first-order chi connectivity index (χ1) is 9.22. The molecule has 0 spiro atoms. The lowest BCUT2D eigenvalue weighted by molar-refractivity contribution is -0.128. The first kappa shape index (κ1) is 13.9. The van der Waals surface area contributed by atoms with Gasteiger partial charge in [-0.25, -0.2) is 15.8 Å². The van der Waals surface area contributed by atoms with Crippen LogP contribution in [0.25, 0.3) is 0 Å². The number of rotatable bonds is 5. The van der Waals surface area contributed by atoms with Gasteiger partial charge in [-0.3, -0.25) is 4.79 Å². The van der Waals surface area contributed by atoms with Gasteiger partial charge in [-0.15, -0.1) is 0 Å². The molecule has 1 aliphatic heterocycles. The van der Waals surface area contributed by atoms with Crippen molar-refractivity contribution in [1.82, 2.24) is 14.9 Å². The van der Waals surface area contributed by atoms with Gasteiger partial charge in [-0.1, -0.05) is 11.8 Å². The number of amides is 1. The molecule has 4 N–H and O–H groups in total. The van der Waals surface area contributed by atoms with Crippen molar-refractivity contribution in [3.63, 3.8) is 0 Å². The maximum absolute atomic E-state index is 11.9. The van der Waals surface area contributed by atoms with Crippen molar-refractivity contribution in [1.29, 1.82) is 0 Å². The monoisotopic (exact) mass is 282 g/mol. The van der Waals surface area contributed by atoms with Crippen molar-refractivity contribution in [2.75, 3.05) is 36.6 Å². The zero-order chi connectivity index (χ0) is 13.7. The summed E-state index contributed by atoms with van der Waals surface area (Å²) in [7, 11) is 0. The second kappa shape index (κ2) is 6.58. The van der Waals surface area contributed by atoms with Crippen LogP contribution in [0.2, 0.25) is 0 Å². The highest BCUT2D eigenvalue weighted by Crippen LogP contribution is 2.16. The molecule has 7 nitrogen and oxygen atoms in total. The molecule has 0 aromatic carbocycles. The second-order valence-electron chi connectivity index (χ2n) is 4.21. The van der Waals surface area contributed by atoms with Crippen molar-refractivity contribution < 1.29 is 4.79 Å². The number of anilines is 2. The van der Waals surface area contributed by atoms with Gasteiger partial charge in [-0.05, 0) is 19.1 Å². The molecule has 1 aromatic heterocycles. The van der Waals surface area contributed by atoms with E-state index >= 15 is 0 Å². The van der Waals surface area contributed by atoms with Gasteiger partial charge in [0.25, 0.3) is 0 Å². The Hall–Kier alpha value is -1.54. The highest BCUT2D eigenvalue weighted by Gasteiger charge is 2.17. The van der Waals surface area contributed by atoms with E-state index in [0.717, 1.165) is 25.9 Å². The minimum atomic E-state index is 0.101. The molecule has 19 heavy (non-hydrogen) atoms. The summed E-state index contributed by atoms with van der Waals surface area (Å²) in [6.07, 6.45) is 4.07. The number of nitrogen functional groups attached to an aromatic ring is 1. The highest BCUT2D eigenvalue weighted by molar-refractivity contribution is 7.98. The fourth-order valence-electron chi connectivity index (χ4n) is 1.93. The Morgan fingerprint density at radius 3 is 2.74 bits per heavy atom. The predicted molar refractivity (Wildman–Crippen MR) is 75.9 cm³/mol. The molecule has 0 atom stereocenters.